The lowest BCUT2D eigenvalue weighted by Gasteiger charge is -2.09. The molecular formula is C21H21F2N5O2S. The maximum absolute atomic E-state index is 13.7. The van der Waals surface area contributed by atoms with Gasteiger partial charge in [-0.15, -0.1) is 10.2 Å². The van der Waals surface area contributed by atoms with Gasteiger partial charge in [0, 0.05) is 12.2 Å². The Balaban J connectivity index is 1.60. The van der Waals surface area contributed by atoms with Crippen molar-refractivity contribution in [2.24, 2.45) is 0 Å². The standard InChI is InChI=1S/C21H21F2N5O2S/c1-3-28-17(11-18(29)24-14-7-4-6-13(2)10-14)26-27-21(28)31-12-19(30)25-20-15(22)8-5-9-16(20)23/h4-10H,3,11-12H2,1-2H3,(H,24,29)(H,25,30). The predicted molar refractivity (Wildman–Crippen MR) is 115 cm³/mol. The van der Waals surface area contributed by atoms with Gasteiger partial charge in [-0.1, -0.05) is 30.0 Å². The maximum Gasteiger partial charge on any atom is 0.235 e. The number of nitrogens with zero attached hydrogens (tertiary/aromatic N) is 3. The van der Waals surface area contributed by atoms with Crippen LogP contribution in [0.4, 0.5) is 20.2 Å². The Morgan fingerprint density at radius 3 is 2.42 bits per heavy atom. The molecule has 0 unspecified atom stereocenters. The number of nitrogens with one attached hydrogen (secondary N) is 2. The van der Waals surface area contributed by atoms with E-state index in [9.17, 15) is 18.4 Å². The SMILES string of the molecule is CCn1c(CC(=O)Nc2cccc(C)c2)nnc1SCC(=O)Nc1c(F)cccc1F. The number of benzene rings is 2. The number of aromatic nitrogens is 3. The molecule has 7 nitrogen and oxygen atoms in total. The molecule has 0 spiro atoms. The van der Waals surface area contributed by atoms with E-state index in [1.807, 2.05) is 32.0 Å². The quantitative estimate of drug-likeness (QED) is 0.515. The Labute approximate surface area is 182 Å². The fraction of sp³-hybridized carbons (Fsp3) is 0.238. The minimum Gasteiger partial charge on any atom is -0.326 e. The normalized spacial score (nSPS) is 10.7. The van der Waals surface area contributed by atoms with Crippen LogP contribution in [0.15, 0.2) is 47.6 Å². The number of aryl methyl sites for hydroxylation is 1. The fourth-order valence-electron chi connectivity index (χ4n) is 2.87. The van der Waals surface area contributed by atoms with Crippen LogP contribution in [0.25, 0.3) is 0 Å². The predicted octanol–water partition coefficient (Wildman–Crippen LogP) is 3.80. The highest BCUT2D eigenvalue weighted by Gasteiger charge is 2.17. The van der Waals surface area contributed by atoms with Crippen LogP contribution >= 0.6 is 11.8 Å². The highest BCUT2D eigenvalue weighted by Crippen LogP contribution is 2.21. The third kappa shape index (κ3) is 5.88. The van der Waals surface area contributed by atoms with Gasteiger partial charge in [0.15, 0.2) is 5.16 Å². The van der Waals surface area contributed by atoms with E-state index in [1.165, 1.54) is 6.07 Å². The van der Waals surface area contributed by atoms with E-state index in [2.05, 4.69) is 20.8 Å². The third-order valence-corrected chi connectivity index (χ3v) is 5.26. The molecule has 2 N–H and O–H groups in total. The fourth-order valence-corrected chi connectivity index (χ4v) is 3.69. The van der Waals surface area contributed by atoms with Gasteiger partial charge in [-0.25, -0.2) is 8.78 Å². The van der Waals surface area contributed by atoms with E-state index < -0.39 is 23.2 Å². The number of anilines is 2. The monoisotopic (exact) mass is 445 g/mol. The summed E-state index contributed by atoms with van der Waals surface area (Å²) in [5.41, 5.74) is 1.24. The Hall–Kier alpha value is -3.27. The summed E-state index contributed by atoms with van der Waals surface area (Å²) in [4.78, 5) is 24.5. The van der Waals surface area contributed by atoms with Crippen molar-refractivity contribution in [3.8, 4) is 0 Å². The summed E-state index contributed by atoms with van der Waals surface area (Å²) in [5, 5.41) is 13.6. The zero-order valence-corrected chi connectivity index (χ0v) is 17.8. The van der Waals surface area contributed by atoms with Crippen LogP contribution in [0.2, 0.25) is 0 Å². The summed E-state index contributed by atoms with van der Waals surface area (Å²) in [5.74, 6) is -2.19. The first kappa shape index (κ1) is 22.4. The molecule has 162 valence electrons. The highest BCUT2D eigenvalue weighted by molar-refractivity contribution is 7.99. The number of thioether (sulfide) groups is 1. The van der Waals surface area contributed by atoms with E-state index in [-0.39, 0.29) is 18.1 Å². The molecule has 1 heterocycles. The summed E-state index contributed by atoms with van der Waals surface area (Å²) < 4.78 is 29.1. The first-order chi connectivity index (χ1) is 14.9. The molecule has 0 saturated heterocycles. The summed E-state index contributed by atoms with van der Waals surface area (Å²) in [6.45, 7) is 4.29. The smallest absolute Gasteiger partial charge is 0.235 e. The zero-order chi connectivity index (χ0) is 22.4. The number of halogens is 2. The molecule has 0 aliphatic heterocycles. The molecule has 10 heteroatoms. The van der Waals surface area contributed by atoms with Crippen LogP contribution in [0.1, 0.15) is 18.3 Å². The van der Waals surface area contributed by atoms with Gasteiger partial charge in [0.05, 0.1) is 12.2 Å². The molecule has 0 aliphatic carbocycles. The summed E-state index contributed by atoms with van der Waals surface area (Å²) in [6.07, 6.45) is 0.0158. The molecule has 2 amide bonds. The molecule has 0 fully saturated rings. The van der Waals surface area contributed by atoms with Gasteiger partial charge in [0.2, 0.25) is 11.8 Å². The molecule has 2 aromatic carbocycles. The van der Waals surface area contributed by atoms with E-state index >= 15 is 0 Å². The molecule has 3 rings (SSSR count). The van der Waals surface area contributed by atoms with E-state index in [4.69, 9.17) is 0 Å². The van der Waals surface area contributed by atoms with Crippen molar-refractivity contribution in [1.82, 2.24) is 14.8 Å². The largest absolute Gasteiger partial charge is 0.326 e. The van der Waals surface area contributed by atoms with Crippen molar-refractivity contribution in [2.45, 2.75) is 32.0 Å². The van der Waals surface area contributed by atoms with Crippen LogP contribution in [-0.2, 0) is 22.6 Å². The van der Waals surface area contributed by atoms with Crippen molar-refractivity contribution >= 4 is 35.0 Å². The second-order valence-electron chi connectivity index (χ2n) is 6.67. The topological polar surface area (TPSA) is 88.9 Å². The number of amides is 2. The van der Waals surface area contributed by atoms with Crippen LogP contribution < -0.4 is 10.6 Å². The van der Waals surface area contributed by atoms with Gasteiger partial charge in [0.25, 0.3) is 0 Å². The average molecular weight is 445 g/mol. The lowest BCUT2D eigenvalue weighted by Crippen LogP contribution is -2.18. The lowest BCUT2D eigenvalue weighted by molar-refractivity contribution is -0.116. The van der Waals surface area contributed by atoms with Gasteiger partial charge >= 0.3 is 0 Å². The molecule has 0 bridgehead atoms. The van der Waals surface area contributed by atoms with E-state index in [0.717, 1.165) is 29.5 Å². The van der Waals surface area contributed by atoms with Crippen molar-refractivity contribution in [3.63, 3.8) is 0 Å². The molecule has 0 atom stereocenters. The van der Waals surface area contributed by atoms with Gasteiger partial charge in [-0.3, -0.25) is 9.59 Å². The van der Waals surface area contributed by atoms with Crippen LogP contribution in [-0.4, -0.2) is 32.3 Å². The molecule has 0 radical (unpaired) electrons. The number of carbonyl (C=O) groups is 2. The highest BCUT2D eigenvalue weighted by atomic mass is 32.2. The zero-order valence-electron chi connectivity index (χ0n) is 17.0. The van der Waals surface area contributed by atoms with Crippen molar-refractivity contribution < 1.29 is 18.4 Å². The summed E-state index contributed by atoms with van der Waals surface area (Å²) in [6, 6.07) is 10.8. The summed E-state index contributed by atoms with van der Waals surface area (Å²) >= 11 is 1.07. The molecule has 3 aromatic rings. The molecule has 0 aliphatic rings. The Kier molecular flexibility index (Phi) is 7.35. The molecule has 0 saturated carbocycles. The first-order valence-electron chi connectivity index (χ1n) is 9.52. The van der Waals surface area contributed by atoms with Crippen molar-refractivity contribution in [3.05, 3.63) is 65.5 Å². The van der Waals surface area contributed by atoms with Crippen LogP contribution in [0.5, 0.6) is 0 Å². The number of hydrogen-bond donors (Lipinski definition) is 2. The number of rotatable bonds is 8. The first-order valence-corrected chi connectivity index (χ1v) is 10.5. The number of hydrogen-bond acceptors (Lipinski definition) is 5. The third-order valence-electron chi connectivity index (χ3n) is 4.29. The molecule has 31 heavy (non-hydrogen) atoms. The minimum absolute atomic E-state index is 0.0158. The van der Waals surface area contributed by atoms with Gasteiger partial charge in [0.1, 0.15) is 23.1 Å². The van der Waals surface area contributed by atoms with Crippen molar-refractivity contribution in [1.29, 1.82) is 0 Å². The molecule has 1 aromatic heterocycles. The summed E-state index contributed by atoms with van der Waals surface area (Å²) in [7, 11) is 0. The second kappa shape index (κ2) is 10.2. The Bertz CT molecular complexity index is 1080. The molecular weight excluding hydrogens is 424 g/mol. The lowest BCUT2D eigenvalue weighted by atomic mass is 10.2. The van der Waals surface area contributed by atoms with Crippen LogP contribution in [0.3, 0.4) is 0 Å². The second-order valence-corrected chi connectivity index (χ2v) is 7.61. The average Bonchev–Trinajstić information content (AvgIpc) is 3.10. The Morgan fingerprint density at radius 1 is 1.03 bits per heavy atom. The van der Waals surface area contributed by atoms with Gasteiger partial charge < -0.3 is 15.2 Å². The maximum atomic E-state index is 13.7. The van der Waals surface area contributed by atoms with Gasteiger partial charge in [-0.2, -0.15) is 0 Å². The van der Waals surface area contributed by atoms with Crippen molar-refractivity contribution in [2.75, 3.05) is 16.4 Å². The van der Waals surface area contributed by atoms with E-state index in [1.54, 1.807) is 10.6 Å². The number of carbonyl (C=O) groups excluding carboxylic acids is 2. The van der Waals surface area contributed by atoms with Gasteiger partial charge in [-0.05, 0) is 43.7 Å². The van der Waals surface area contributed by atoms with Crippen LogP contribution in [0, 0.1) is 18.6 Å². The van der Waals surface area contributed by atoms with E-state index in [0.29, 0.717) is 23.2 Å². The Morgan fingerprint density at radius 2 is 1.74 bits per heavy atom. The number of para-hydroxylation sites is 1. The minimum atomic E-state index is -0.850.